The fourth-order valence-electron chi connectivity index (χ4n) is 2.05. The number of aromatic nitrogens is 1. The highest BCUT2D eigenvalue weighted by Crippen LogP contribution is 2.37. The molecule has 1 fully saturated rings. The highest BCUT2D eigenvalue weighted by atomic mass is 16.6. The molecule has 0 spiro atoms. The monoisotopic (exact) mass is 265 g/mol. The molecule has 1 N–H and O–H groups in total. The number of carboxylic acids is 1. The van der Waals surface area contributed by atoms with Gasteiger partial charge in [-0.25, -0.2) is 9.78 Å². The second kappa shape index (κ2) is 4.83. The van der Waals surface area contributed by atoms with Crippen molar-refractivity contribution in [3.05, 3.63) is 27.9 Å². The van der Waals surface area contributed by atoms with Crippen LogP contribution in [0.25, 0.3) is 0 Å². The van der Waals surface area contributed by atoms with Gasteiger partial charge in [0.25, 0.3) is 0 Å². The Kier molecular flexibility index (Phi) is 3.37. The molecule has 1 atom stereocenters. The summed E-state index contributed by atoms with van der Waals surface area (Å²) < 4.78 is 0. The van der Waals surface area contributed by atoms with E-state index in [0.717, 1.165) is 18.9 Å². The van der Waals surface area contributed by atoms with E-state index in [4.69, 9.17) is 5.11 Å². The lowest BCUT2D eigenvalue weighted by molar-refractivity contribution is -0.384. The number of hydrogen-bond acceptors (Lipinski definition) is 5. The number of pyridine rings is 1. The Morgan fingerprint density at radius 2 is 2.21 bits per heavy atom. The Labute approximate surface area is 110 Å². The van der Waals surface area contributed by atoms with Crippen LogP contribution >= 0.6 is 0 Å². The van der Waals surface area contributed by atoms with Gasteiger partial charge in [0.15, 0.2) is 5.69 Å². The Balaban J connectivity index is 2.41. The van der Waals surface area contributed by atoms with Crippen molar-refractivity contribution < 1.29 is 14.8 Å². The number of carboxylic acid groups (broad SMARTS) is 1. The first kappa shape index (κ1) is 13.3. The van der Waals surface area contributed by atoms with Crippen LogP contribution in [0.2, 0.25) is 0 Å². The van der Waals surface area contributed by atoms with Gasteiger partial charge in [-0.3, -0.25) is 10.1 Å². The third-order valence-corrected chi connectivity index (χ3v) is 3.52. The van der Waals surface area contributed by atoms with Gasteiger partial charge >= 0.3 is 11.7 Å². The van der Waals surface area contributed by atoms with Crippen LogP contribution in [0.4, 0.5) is 11.5 Å². The van der Waals surface area contributed by atoms with Gasteiger partial charge in [-0.2, -0.15) is 0 Å². The van der Waals surface area contributed by atoms with Gasteiger partial charge in [0, 0.05) is 19.2 Å². The van der Waals surface area contributed by atoms with Crippen LogP contribution in [-0.4, -0.2) is 34.1 Å². The molecule has 1 unspecified atom stereocenters. The summed E-state index contributed by atoms with van der Waals surface area (Å²) in [6.45, 7) is 1.97. The topological polar surface area (TPSA) is 96.6 Å². The van der Waals surface area contributed by atoms with Crippen LogP contribution in [0.5, 0.6) is 0 Å². The Morgan fingerprint density at radius 1 is 1.58 bits per heavy atom. The lowest BCUT2D eigenvalue weighted by Gasteiger charge is -2.25. The largest absolute Gasteiger partial charge is 0.477 e. The summed E-state index contributed by atoms with van der Waals surface area (Å²) in [7, 11) is 1.71. The van der Waals surface area contributed by atoms with Gasteiger partial charge in [-0.15, -0.1) is 0 Å². The standard InChI is InChI=1S/C12H15N3O4/c1-7(8-3-4-8)14(2)11-10(15(18)19)6-5-9(13-11)12(16)17/h5-8H,3-4H2,1-2H3,(H,16,17). The van der Waals surface area contributed by atoms with Crippen molar-refractivity contribution >= 4 is 17.5 Å². The molecule has 19 heavy (non-hydrogen) atoms. The second-order valence-corrected chi connectivity index (χ2v) is 4.79. The van der Waals surface area contributed by atoms with Gasteiger partial charge in [0.05, 0.1) is 4.92 Å². The molecular weight excluding hydrogens is 250 g/mol. The zero-order chi connectivity index (χ0) is 14.2. The van der Waals surface area contributed by atoms with Gasteiger partial charge in [0.1, 0.15) is 0 Å². The zero-order valence-corrected chi connectivity index (χ0v) is 10.7. The van der Waals surface area contributed by atoms with Gasteiger partial charge in [0.2, 0.25) is 5.82 Å². The third kappa shape index (κ3) is 2.64. The fraction of sp³-hybridized carbons (Fsp3) is 0.500. The van der Waals surface area contributed by atoms with Gasteiger partial charge in [-0.05, 0) is 31.7 Å². The summed E-state index contributed by atoms with van der Waals surface area (Å²) in [5.74, 6) is -0.576. The maximum atomic E-state index is 11.0. The van der Waals surface area contributed by atoms with Crippen molar-refractivity contribution in [2.24, 2.45) is 5.92 Å². The quantitative estimate of drug-likeness (QED) is 0.645. The van der Waals surface area contributed by atoms with E-state index in [-0.39, 0.29) is 23.2 Å². The molecule has 0 radical (unpaired) electrons. The van der Waals surface area contributed by atoms with E-state index in [9.17, 15) is 14.9 Å². The SMILES string of the molecule is CC(C1CC1)N(C)c1nc(C(=O)O)ccc1[N+](=O)[O-]. The van der Waals surface area contributed by atoms with E-state index >= 15 is 0 Å². The first-order valence-corrected chi connectivity index (χ1v) is 6.03. The third-order valence-electron chi connectivity index (χ3n) is 3.52. The fourth-order valence-corrected chi connectivity index (χ4v) is 2.05. The van der Waals surface area contributed by atoms with Crippen LogP contribution < -0.4 is 4.90 Å². The molecule has 0 amide bonds. The number of anilines is 1. The van der Waals surface area contributed by atoms with Crippen molar-refractivity contribution in [2.45, 2.75) is 25.8 Å². The molecule has 1 heterocycles. The molecule has 1 saturated carbocycles. The number of nitro groups is 1. The molecule has 102 valence electrons. The molecule has 7 heteroatoms. The van der Waals surface area contributed by atoms with Gasteiger partial charge in [-0.1, -0.05) is 0 Å². The van der Waals surface area contributed by atoms with Crippen LogP contribution in [0, 0.1) is 16.0 Å². The Bertz CT molecular complexity index is 528. The number of rotatable bonds is 5. The zero-order valence-electron chi connectivity index (χ0n) is 10.7. The summed E-state index contributed by atoms with van der Waals surface area (Å²) in [6.07, 6.45) is 2.19. The summed E-state index contributed by atoms with van der Waals surface area (Å²) in [5.41, 5.74) is -0.351. The Hall–Kier alpha value is -2.18. The molecule has 1 aromatic rings. The van der Waals surface area contributed by atoms with Crippen molar-refractivity contribution in [1.29, 1.82) is 0 Å². The second-order valence-electron chi connectivity index (χ2n) is 4.79. The Morgan fingerprint density at radius 3 is 2.68 bits per heavy atom. The van der Waals surface area contributed by atoms with E-state index in [0.29, 0.717) is 5.92 Å². The van der Waals surface area contributed by atoms with Crippen molar-refractivity contribution in [1.82, 2.24) is 4.98 Å². The normalized spacial score (nSPS) is 15.9. The average molecular weight is 265 g/mol. The van der Waals surface area contributed by atoms with E-state index in [1.807, 2.05) is 6.92 Å². The summed E-state index contributed by atoms with van der Waals surface area (Å²) in [4.78, 5) is 27.0. The molecule has 0 bridgehead atoms. The minimum absolute atomic E-state index is 0.107. The molecule has 0 saturated heterocycles. The minimum atomic E-state index is -1.19. The summed E-state index contributed by atoms with van der Waals surface area (Å²) >= 11 is 0. The van der Waals surface area contributed by atoms with Crippen LogP contribution in [0.3, 0.4) is 0 Å². The van der Waals surface area contributed by atoms with E-state index < -0.39 is 10.9 Å². The van der Waals surface area contributed by atoms with Gasteiger partial charge < -0.3 is 10.0 Å². The molecular formula is C12H15N3O4. The summed E-state index contributed by atoms with van der Waals surface area (Å²) in [5, 5.41) is 19.9. The average Bonchev–Trinajstić information content (AvgIpc) is 3.20. The molecule has 1 aliphatic rings. The first-order chi connectivity index (χ1) is 8.91. The van der Waals surface area contributed by atoms with Crippen LogP contribution in [0.1, 0.15) is 30.3 Å². The minimum Gasteiger partial charge on any atom is -0.477 e. The lowest BCUT2D eigenvalue weighted by atomic mass is 10.2. The number of hydrogen-bond donors (Lipinski definition) is 1. The molecule has 7 nitrogen and oxygen atoms in total. The highest BCUT2D eigenvalue weighted by Gasteiger charge is 2.33. The van der Waals surface area contributed by atoms with E-state index in [1.165, 1.54) is 6.07 Å². The molecule has 2 rings (SSSR count). The van der Waals surface area contributed by atoms with Crippen molar-refractivity contribution in [3.63, 3.8) is 0 Å². The van der Waals surface area contributed by atoms with E-state index in [1.54, 1.807) is 11.9 Å². The smallest absolute Gasteiger partial charge is 0.354 e. The number of nitrogens with zero attached hydrogens (tertiary/aromatic N) is 3. The molecule has 0 aliphatic heterocycles. The van der Waals surface area contributed by atoms with Crippen molar-refractivity contribution in [3.8, 4) is 0 Å². The molecule has 1 aliphatic carbocycles. The predicted molar refractivity (Wildman–Crippen MR) is 68.4 cm³/mol. The molecule has 1 aromatic heterocycles. The lowest BCUT2D eigenvalue weighted by Crippen LogP contribution is -2.32. The maximum absolute atomic E-state index is 11.0. The van der Waals surface area contributed by atoms with Crippen LogP contribution in [-0.2, 0) is 0 Å². The highest BCUT2D eigenvalue weighted by molar-refractivity contribution is 5.86. The predicted octanol–water partition coefficient (Wildman–Crippen LogP) is 1.92. The van der Waals surface area contributed by atoms with E-state index in [2.05, 4.69) is 4.98 Å². The maximum Gasteiger partial charge on any atom is 0.354 e. The summed E-state index contributed by atoms with van der Waals surface area (Å²) in [6, 6.07) is 2.46. The van der Waals surface area contributed by atoms with Crippen molar-refractivity contribution in [2.75, 3.05) is 11.9 Å². The number of aromatic carboxylic acids is 1. The van der Waals surface area contributed by atoms with Crippen LogP contribution in [0.15, 0.2) is 12.1 Å². The molecule has 0 aromatic carbocycles. The first-order valence-electron chi connectivity index (χ1n) is 6.03. The number of carbonyl (C=O) groups is 1.